The number of aryl methyl sites for hydroxylation is 5. The maximum Gasteiger partial charge on any atom is 0.161 e. The summed E-state index contributed by atoms with van der Waals surface area (Å²) in [6.45, 7) is 38.1. The average Bonchev–Trinajstić information content (AvgIpc) is 0.800. The number of phenols is 1. The third-order valence-electron chi connectivity index (χ3n) is 21.2. The predicted octanol–water partition coefficient (Wildman–Crippen LogP) is 15.9. The van der Waals surface area contributed by atoms with Gasteiger partial charge in [-0.15, -0.1) is 13.2 Å². The van der Waals surface area contributed by atoms with E-state index in [9.17, 15) is 33.9 Å². The molecule has 116 heavy (non-hydrogen) atoms. The number of aromatic hydroxyl groups is 1. The lowest BCUT2D eigenvalue weighted by atomic mass is 9.91. The minimum absolute atomic E-state index is 0.0148. The number of methoxy groups -OCH3 is 1. The fraction of sp³-hybridized carbons (Fsp3) is 0.582. The third-order valence-corrected chi connectivity index (χ3v) is 23.7. The second-order valence-electron chi connectivity index (χ2n) is 31.3. The molecule has 14 rings (SSSR count). The van der Waals surface area contributed by atoms with Crippen molar-refractivity contribution in [3.63, 3.8) is 0 Å². The van der Waals surface area contributed by atoms with Crippen molar-refractivity contribution in [3.05, 3.63) is 192 Å². The lowest BCUT2D eigenvalue weighted by molar-refractivity contribution is -0.288. The van der Waals surface area contributed by atoms with Crippen molar-refractivity contribution in [3.8, 4) is 34.5 Å². The molecule has 0 radical (unpaired) electrons. The van der Waals surface area contributed by atoms with Gasteiger partial charge in [0, 0.05) is 70.0 Å². The van der Waals surface area contributed by atoms with Gasteiger partial charge in [-0.1, -0.05) is 124 Å². The van der Waals surface area contributed by atoms with E-state index in [1.54, 1.807) is 71.0 Å². The number of para-hydroxylation sites is 6. The molecule has 0 aliphatic carbocycles. The fourth-order valence-corrected chi connectivity index (χ4v) is 16.9. The van der Waals surface area contributed by atoms with Gasteiger partial charge in [-0.2, -0.15) is 0 Å². The molecule has 14 unspecified atom stereocenters. The smallest absolute Gasteiger partial charge is 0.161 e. The molecule has 6 aromatic rings. The van der Waals surface area contributed by atoms with E-state index in [2.05, 4.69) is 66.0 Å². The van der Waals surface area contributed by atoms with E-state index in [-0.39, 0.29) is 104 Å². The zero-order valence-corrected chi connectivity index (χ0v) is 72.7. The molecule has 0 spiro atoms. The van der Waals surface area contributed by atoms with Crippen LogP contribution in [-0.2, 0) is 61.2 Å². The summed E-state index contributed by atoms with van der Waals surface area (Å²) in [5, 5.41) is 38.8. The van der Waals surface area contributed by atoms with Crippen LogP contribution >= 0.6 is 14.3 Å². The molecular weight excluding hydrogens is 1530 g/mol. The molecule has 20 atom stereocenters. The van der Waals surface area contributed by atoms with Crippen LogP contribution in [0.15, 0.2) is 159 Å². The van der Waals surface area contributed by atoms with Crippen molar-refractivity contribution < 1.29 is 110 Å². The number of halogens is 1. The molecule has 646 valence electrons. The summed E-state index contributed by atoms with van der Waals surface area (Å²) in [5.74, 6) is 4.68. The fourth-order valence-electron chi connectivity index (χ4n) is 14.5. The summed E-state index contributed by atoms with van der Waals surface area (Å²) < 4.78 is 128. The van der Waals surface area contributed by atoms with Gasteiger partial charge in [0.05, 0.1) is 97.7 Å². The van der Waals surface area contributed by atoms with E-state index in [1.165, 1.54) is 17.7 Å². The van der Waals surface area contributed by atoms with Crippen LogP contribution < -0.4 is 23.7 Å². The van der Waals surface area contributed by atoms with Crippen molar-refractivity contribution >= 4 is 14.3 Å². The number of benzene rings is 6. The Morgan fingerprint density at radius 2 is 0.784 bits per heavy atom. The topological polar surface area (TPSA) is 263 Å². The van der Waals surface area contributed by atoms with Gasteiger partial charge < -0.3 is 105 Å². The number of aliphatic hydroxyl groups excluding tert-OH is 3. The van der Waals surface area contributed by atoms with E-state index in [0.29, 0.717) is 94.7 Å². The molecule has 8 fully saturated rings. The van der Waals surface area contributed by atoms with Crippen LogP contribution in [0.2, 0.25) is 0 Å². The molecule has 22 nitrogen and oxygen atoms in total. The van der Waals surface area contributed by atoms with Gasteiger partial charge in [0.25, 0.3) is 0 Å². The monoisotopic (exact) mass is 1660 g/mol. The minimum Gasteiger partial charge on any atom is -0.504 e. The first-order valence-electron chi connectivity index (χ1n) is 40.9. The summed E-state index contributed by atoms with van der Waals surface area (Å²) in [7, 11) is -2.78. The molecule has 8 saturated heterocycles. The molecule has 0 amide bonds. The summed E-state index contributed by atoms with van der Waals surface area (Å²) >= 11 is 0. The van der Waals surface area contributed by atoms with Gasteiger partial charge in [0.1, 0.15) is 96.0 Å². The summed E-state index contributed by atoms with van der Waals surface area (Å²) in [5.41, 5.74) is 5.30. The molecule has 6 aromatic carbocycles. The normalized spacial score (nSPS) is 29.4. The van der Waals surface area contributed by atoms with Crippen molar-refractivity contribution in [1.29, 1.82) is 0 Å². The third kappa shape index (κ3) is 31.4. The maximum atomic E-state index is 12.3. The quantitative estimate of drug-likeness (QED) is 0.0488. The highest BCUT2D eigenvalue weighted by atomic mass is 31.2. The van der Waals surface area contributed by atoms with E-state index >= 15 is 0 Å². The molecule has 0 saturated carbocycles. The zero-order valence-electron chi connectivity index (χ0n) is 71.0. The second kappa shape index (κ2) is 49.4. The highest BCUT2D eigenvalue weighted by Crippen LogP contribution is 2.42. The Labute approximate surface area is 689 Å². The molecule has 0 bridgehead atoms. The number of hydrogen-bond donors (Lipinski definition) is 4. The van der Waals surface area contributed by atoms with Gasteiger partial charge >= 0.3 is 0 Å². The molecule has 8 aliphatic heterocycles. The molecule has 25 heteroatoms. The zero-order chi connectivity index (χ0) is 84.5. The van der Waals surface area contributed by atoms with Crippen molar-refractivity contribution in [2.24, 2.45) is 11.8 Å². The Balaban J connectivity index is 0.000000189. The summed E-state index contributed by atoms with van der Waals surface area (Å²) in [6, 6.07) is 45.6. The van der Waals surface area contributed by atoms with Gasteiger partial charge in [0.15, 0.2) is 24.1 Å². The van der Waals surface area contributed by atoms with Crippen LogP contribution in [0.4, 0.5) is 4.39 Å². The van der Waals surface area contributed by atoms with Crippen molar-refractivity contribution in [1.82, 2.24) is 0 Å². The number of aliphatic hydroxyl groups is 3. The first-order valence-corrected chi connectivity index (χ1v) is 46.5. The average molecular weight is 1660 g/mol. The highest BCUT2D eigenvalue weighted by Gasteiger charge is 2.44. The van der Waals surface area contributed by atoms with E-state index < -0.39 is 38.7 Å². The Hall–Kier alpha value is -6.31. The summed E-state index contributed by atoms with van der Waals surface area (Å²) in [6.07, 6.45) is 3.95. The van der Waals surface area contributed by atoms with Gasteiger partial charge in [-0.05, 0) is 158 Å². The van der Waals surface area contributed by atoms with Gasteiger partial charge in [-0.25, -0.2) is 4.39 Å². The predicted molar refractivity (Wildman–Crippen MR) is 451 cm³/mol. The van der Waals surface area contributed by atoms with Crippen LogP contribution in [0.5, 0.6) is 34.5 Å². The number of phenolic OH excluding ortho intramolecular Hbond substituents is 1. The Bertz CT molecular complexity index is 3790. The van der Waals surface area contributed by atoms with Crippen LogP contribution in [0, 0.1) is 52.3 Å². The first kappa shape index (κ1) is 96.8. The largest absolute Gasteiger partial charge is 0.504 e. The molecule has 8 aliphatic rings. The number of hydrogen-bond acceptors (Lipinski definition) is 22. The number of ether oxygens (including phenoxy) is 16. The Morgan fingerprint density at radius 1 is 0.431 bits per heavy atom. The van der Waals surface area contributed by atoms with Crippen LogP contribution in [0.3, 0.4) is 0 Å². The second-order valence-corrected chi connectivity index (χ2v) is 38.4. The number of fused-ring (bicyclic) bond motifs is 2. The van der Waals surface area contributed by atoms with Gasteiger partial charge in [-0.3, -0.25) is 0 Å². The highest BCUT2D eigenvalue weighted by molar-refractivity contribution is 7.62. The van der Waals surface area contributed by atoms with Crippen molar-refractivity contribution in [2.45, 2.75) is 224 Å². The lowest BCUT2D eigenvalue weighted by Crippen LogP contribution is -2.55. The Kier molecular flexibility index (Phi) is 41.3. The van der Waals surface area contributed by atoms with Crippen LogP contribution in [-0.4, -0.2) is 236 Å². The Morgan fingerprint density at radius 3 is 1.23 bits per heavy atom. The molecule has 8 heterocycles. The van der Waals surface area contributed by atoms with Crippen LogP contribution in [0.25, 0.3) is 0 Å². The standard InChI is InChI=1S/C16H25O4P.C15H20O4.C15H22O2.C14H21O5P.C14H20O3.C8H14O4.C7H7F.C2H4/c1-12-7-5-6-8-13(12)20-14-9-10-19-15(16(14)18-2)11-21(3,4)17;1-10-5-3-4-6-12(10)19-13-7-8-16-14-9-17-11(2)18-15(13)14;1-4-13-12(3)15(9-10-16-13)17-14-8-6-5-7-11(14)2;1-20(2,17)9-13-14(16)12(7-8-18-13)19-11-6-4-3-5-10(11)15;1-10-5-3-4-6-12(10)17-13-7-8-16-14(9-15)11(13)2;1-5-11-4-7-8(12-5)6(9)2-3-10-7;1-6-4-2-3-5-7(6)8;1-2/h5-8,14-16H,9-11H2,1-4H3;3-6,11,13-15H,7-9H2,1-2H3;5-8,12-13,15H,4,9-10H2,1-3H3;3-6,12-16H,7-9H2,1-2H3;3-6,11,13-15H,7-9H2,1-2H3;5-9H,2-4H2,1H3;2-5H,1H3;1-2H2/t14?,15?,16-;11-,13?,14?,15?;12-,13?,15?;12?,13?,14-;11-,13?,14?;5-,6?,7?,8?;;/m011001../s1. The summed E-state index contributed by atoms with van der Waals surface area (Å²) in [4.78, 5) is 0. The molecule has 4 N–H and O–H groups in total. The number of rotatable bonds is 17. The first-order chi connectivity index (χ1) is 55.5. The van der Waals surface area contributed by atoms with E-state index in [1.807, 2.05) is 113 Å². The van der Waals surface area contributed by atoms with Gasteiger partial charge in [0.2, 0.25) is 0 Å². The molecular formula is C91H133FO22P2. The SMILES string of the molecule is C=C.CCC1OCCC(Oc2ccccc2C)[C@@H]1C.CO[C@@H]1C(CP(C)(C)=O)OCCC1Oc1ccccc1C.CP(C)(=O)CC1OCCC(Oc2ccccc2O)[C@@H]1O.C[C@@H]1OCC2OCCC(O)C2O1.Cc1ccccc1F.Cc1ccccc1OC1CCOC(CO)[C@H]1C.Cc1ccccc1OC1CCOC2CO[C@@H](C)OC21. The maximum absolute atomic E-state index is 12.3. The van der Waals surface area contributed by atoms with E-state index in [0.717, 1.165) is 78.4 Å². The minimum atomic E-state index is -2.28. The molecule has 0 aromatic heterocycles. The lowest BCUT2D eigenvalue weighted by Gasteiger charge is -2.42. The van der Waals surface area contributed by atoms with Crippen molar-refractivity contribution in [2.75, 3.05) is 106 Å². The van der Waals surface area contributed by atoms with Crippen LogP contribution in [0.1, 0.15) is 107 Å². The van der Waals surface area contributed by atoms with E-state index in [4.69, 9.17) is 75.8 Å².